The summed E-state index contributed by atoms with van der Waals surface area (Å²) < 4.78 is 21.5. The van der Waals surface area contributed by atoms with E-state index in [9.17, 15) is 40.5 Å². The second-order valence-electron chi connectivity index (χ2n) is 8.97. The van der Waals surface area contributed by atoms with Gasteiger partial charge in [-0.05, 0) is 12.8 Å². The molecule has 0 saturated carbocycles. The lowest BCUT2D eigenvalue weighted by Gasteiger charge is -2.43. The Kier molecular flexibility index (Phi) is 12.5. The normalized spacial score (nSPS) is 37.7. The van der Waals surface area contributed by atoms with Gasteiger partial charge in [0.05, 0.1) is 13.2 Å². The summed E-state index contributed by atoms with van der Waals surface area (Å²) in [5.74, 6) is -3.05. The van der Waals surface area contributed by atoms with Gasteiger partial charge >= 0.3 is 5.97 Å². The van der Waals surface area contributed by atoms with Crippen molar-refractivity contribution in [2.24, 2.45) is 0 Å². The molecule has 12 heteroatoms. The highest BCUT2D eigenvalue weighted by Gasteiger charge is 2.59. The van der Waals surface area contributed by atoms with E-state index in [0.717, 1.165) is 19.3 Å². The summed E-state index contributed by atoms with van der Waals surface area (Å²) in [4.78, 5) is 12.2. The van der Waals surface area contributed by atoms with Gasteiger partial charge in [0.15, 0.2) is 6.29 Å². The Morgan fingerprint density at radius 3 is 2.17 bits per heavy atom. The van der Waals surface area contributed by atoms with Crippen molar-refractivity contribution in [3.8, 4) is 0 Å². The minimum Gasteiger partial charge on any atom is -0.457 e. The van der Waals surface area contributed by atoms with E-state index >= 15 is 0 Å². The third-order valence-corrected chi connectivity index (χ3v) is 6.24. The van der Waals surface area contributed by atoms with Crippen LogP contribution in [-0.4, -0.2) is 116 Å². The van der Waals surface area contributed by atoms with Gasteiger partial charge in [-0.3, -0.25) is 0 Å². The molecule has 0 aromatic rings. The number of hydrogen-bond donors (Lipinski definition) is 7. The first-order valence-corrected chi connectivity index (χ1v) is 12.2. The molecule has 0 amide bonds. The molecule has 7 N–H and O–H groups in total. The van der Waals surface area contributed by atoms with Crippen LogP contribution in [0.3, 0.4) is 0 Å². The minimum absolute atomic E-state index is 0.679. The summed E-state index contributed by atoms with van der Waals surface area (Å²) in [5, 5.41) is 69.9. The molecule has 204 valence electrons. The zero-order valence-corrected chi connectivity index (χ0v) is 20.0. The van der Waals surface area contributed by atoms with Gasteiger partial charge in [0.1, 0.15) is 49.3 Å². The van der Waals surface area contributed by atoms with Crippen LogP contribution in [0.25, 0.3) is 0 Å². The van der Waals surface area contributed by atoms with Crippen LogP contribution in [0.5, 0.6) is 0 Å². The molecular weight excluding hydrogens is 468 g/mol. The first kappa shape index (κ1) is 30.0. The third-order valence-electron chi connectivity index (χ3n) is 6.24. The lowest BCUT2D eigenvalue weighted by Crippen LogP contribution is -2.62. The van der Waals surface area contributed by atoms with Crippen molar-refractivity contribution < 1.29 is 59.5 Å². The monoisotopic (exact) mass is 508 g/mol. The maximum absolute atomic E-state index is 12.2. The smallest absolute Gasteiger partial charge is 0.330 e. The molecule has 0 aromatic heterocycles. The summed E-state index contributed by atoms with van der Waals surface area (Å²) in [6, 6.07) is 0. The van der Waals surface area contributed by atoms with E-state index in [2.05, 4.69) is 6.92 Å². The Morgan fingerprint density at radius 2 is 1.54 bits per heavy atom. The fourth-order valence-corrected chi connectivity index (χ4v) is 4.06. The van der Waals surface area contributed by atoms with Gasteiger partial charge in [-0.15, -0.1) is 0 Å². The molecule has 0 aromatic carbocycles. The minimum atomic E-state index is -2.27. The number of rotatable bonds is 14. The zero-order chi connectivity index (χ0) is 26.0. The van der Waals surface area contributed by atoms with Gasteiger partial charge in [0.2, 0.25) is 5.79 Å². The molecule has 35 heavy (non-hydrogen) atoms. The molecule has 0 bridgehead atoms. The number of allylic oxidation sites excluding steroid dienone is 1. The van der Waals surface area contributed by atoms with Crippen LogP contribution >= 0.6 is 0 Å². The summed E-state index contributed by atoms with van der Waals surface area (Å²) in [6.45, 7) is -0.0315. The van der Waals surface area contributed by atoms with Crippen LogP contribution < -0.4 is 0 Å². The zero-order valence-electron chi connectivity index (χ0n) is 20.0. The number of carbonyl (C=O) groups excluding carboxylic acids is 1. The molecule has 12 nitrogen and oxygen atoms in total. The molecule has 0 aliphatic carbocycles. The molecule has 2 aliphatic heterocycles. The summed E-state index contributed by atoms with van der Waals surface area (Å²) in [6.07, 6.45) is -2.87. The van der Waals surface area contributed by atoms with Crippen LogP contribution in [0.4, 0.5) is 0 Å². The van der Waals surface area contributed by atoms with Gasteiger partial charge in [-0.2, -0.15) is 0 Å². The number of aliphatic hydroxyl groups is 7. The Balaban J connectivity index is 2.01. The van der Waals surface area contributed by atoms with Crippen LogP contribution in [0.15, 0.2) is 12.2 Å². The van der Waals surface area contributed by atoms with Crippen LogP contribution in [0.2, 0.25) is 0 Å². The Morgan fingerprint density at radius 1 is 0.886 bits per heavy atom. The second kappa shape index (κ2) is 14.5. The predicted octanol–water partition coefficient (Wildman–Crippen LogP) is -1.54. The topological polar surface area (TPSA) is 196 Å². The predicted molar refractivity (Wildman–Crippen MR) is 120 cm³/mol. The Labute approximate surface area is 204 Å². The van der Waals surface area contributed by atoms with Crippen LogP contribution in [-0.2, 0) is 23.7 Å². The molecular formula is C23H40O12. The van der Waals surface area contributed by atoms with Crippen molar-refractivity contribution in [1.29, 1.82) is 0 Å². The third kappa shape index (κ3) is 7.89. The Bertz CT molecular complexity index is 658. The molecule has 0 spiro atoms. The van der Waals surface area contributed by atoms with Gasteiger partial charge in [0, 0.05) is 6.08 Å². The number of ether oxygens (including phenoxy) is 4. The van der Waals surface area contributed by atoms with E-state index in [1.165, 1.54) is 25.3 Å². The van der Waals surface area contributed by atoms with E-state index in [-0.39, 0.29) is 0 Å². The van der Waals surface area contributed by atoms with Gasteiger partial charge in [-0.1, -0.05) is 45.1 Å². The molecule has 2 saturated heterocycles. The fourth-order valence-electron chi connectivity index (χ4n) is 4.06. The number of carbonyl (C=O) groups is 1. The van der Waals surface area contributed by atoms with Crippen molar-refractivity contribution in [1.82, 2.24) is 0 Å². The first-order valence-electron chi connectivity index (χ1n) is 12.2. The summed E-state index contributed by atoms with van der Waals surface area (Å²) >= 11 is 0. The lowest BCUT2D eigenvalue weighted by molar-refractivity contribution is -0.383. The largest absolute Gasteiger partial charge is 0.457 e. The molecule has 2 heterocycles. The SMILES string of the molecule is CCCCCCCCC=CC(=O)OC[C@@]1(O[C@H]2O[C@H](CO)[C@@H](O)[C@H](O)[C@H]2O)O[C@H](CO)[C@@H](O)[C@@H]1O. The van der Waals surface area contributed by atoms with Crippen LogP contribution in [0, 0.1) is 0 Å². The van der Waals surface area contributed by atoms with E-state index < -0.39 is 80.6 Å². The van der Waals surface area contributed by atoms with Crippen molar-refractivity contribution in [2.75, 3.05) is 19.8 Å². The average Bonchev–Trinajstić information content (AvgIpc) is 3.09. The molecule has 0 radical (unpaired) electrons. The number of hydrogen-bond acceptors (Lipinski definition) is 12. The maximum Gasteiger partial charge on any atom is 0.330 e. The van der Waals surface area contributed by atoms with E-state index in [1.54, 1.807) is 6.08 Å². The highest BCUT2D eigenvalue weighted by molar-refractivity contribution is 5.81. The quantitative estimate of drug-likeness (QED) is 0.0813. The molecule has 2 rings (SSSR count). The average molecular weight is 509 g/mol. The molecule has 0 unspecified atom stereocenters. The lowest BCUT2D eigenvalue weighted by atomic mass is 9.99. The molecule has 9 atom stereocenters. The van der Waals surface area contributed by atoms with Gasteiger partial charge in [-0.25, -0.2) is 4.79 Å². The van der Waals surface area contributed by atoms with Crippen molar-refractivity contribution in [3.63, 3.8) is 0 Å². The number of aliphatic hydroxyl groups excluding tert-OH is 7. The molecule has 2 aliphatic rings. The highest BCUT2D eigenvalue weighted by atomic mass is 16.8. The van der Waals surface area contributed by atoms with Gasteiger partial charge < -0.3 is 54.7 Å². The highest BCUT2D eigenvalue weighted by Crippen LogP contribution is 2.36. The maximum atomic E-state index is 12.2. The number of esters is 1. The van der Waals surface area contributed by atoms with Crippen LogP contribution in [0.1, 0.15) is 51.9 Å². The first-order chi connectivity index (χ1) is 16.7. The van der Waals surface area contributed by atoms with Gasteiger partial charge in [0.25, 0.3) is 0 Å². The summed E-state index contributed by atoms with van der Waals surface area (Å²) in [7, 11) is 0. The molecule has 2 fully saturated rings. The number of unbranched alkanes of at least 4 members (excludes halogenated alkanes) is 6. The fraction of sp³-hybridized carbons (Fsp3) is 0.870. The second-order valence-corrected chi connectivity index (χ2v) is 8.97. The summed E-state index contributed by atoms with van der Waals surface area (Å²) in [5.41, 5.74) is 0. The van der Waals surface area contributed by atoms with Crippen molar-refractivity contribution in [2.45, 2.75) is 107 Å². The van der Waals surface area contributed by atoms with Crippen molar-refractivity contribution >= 4 is 5.97 Å². The van der Waals surface area contributed by atoms with E-state index in [1.807, 2.05) is 0 Å². The van der Waals surface area contributed by atoms with E-state index in [4.69, 9.17) is 18.9 Å². The van der Waals surface area contributed by atoms with E-state index in [0.29, 0.717) is 6.42 Å². The Hall–Kier alpha value is -1.19. The van der Waals surface area contributed by atoms with Crippen molar-refractivity contribution in [3.05, 3.63) is 12.2 Å². The standard InChI is InChI=1S/C23H40O12/c1-2-3-4-5-6-7-8-9-10-16(26)32-13-23(21(31)18(28)15(12-25)34-23)35-22-20(30)19(29)17(27)14(11-24)33-22/h9-10,14-15,17-22,24-25,27-31H,2-8,11-13H2,1H3/t14-,15-,17-,18-,19+,20-,21+,22-,23+/m1/s1.